The fourth-order valence-electron chi connectivity index (χ4n) is 3.04. The molecule has 0 saturated heterocycles. The molecule has 1 saturated carbocycles. The fourth-order valence-corrected chi connectivity index (χ4v) is 3.74. The Morgan fingerprint density at radius 1 is 1.37 bits per heavy atom. The molecule has 0 spiro atoms. The summed E-state index contributed by atoms with van der Waals surface area (Å²) >= 11 is 3.57. The Morgan fingerprint density at radius 3 is 2.68 bits per heavy atom. The number of hydrogen-bond donors (Lipinski definition) is 1. The van der Waals surface area contributed by atoms with Crippen molar-refractivity contribution in [1.29, 1.82) is 0 Å². The Kier molecular flexibility index (Phi) is 4.91. The third kappa shape index (κ3) is 3.51. The molecule has 1 aliphatic rings. The van der Waals surface area contributed by atoms with E-state index in [-0.39, 0.29) is 0 Å². The van der Waals surface area contributed by atoms with Crippen LogP contribution in [0.5, 0.6) is 0 Å². The van der Waals surface area contributed by atoms with Crippen LogP contribution in [0.3, 0.4) is 0 Å². The highest BCUT2D eigenvalue weighted by atomic mass is 79.9. The third-order valence-electron chi connectivity index (χ3n) is 4.30. The van der Waals surface area contributed by atoms with Crippen molar-refractivity contribution in [2.75, 3.05) is 11.9 Å². The Hall–Kier alpha value is -0.540. The molecule has 106 valence electrons. The Labute approximate surface area is 124 Å². The van der Waals surface area contributed by atoms with Crippen molar-refractivity contribution in [3.63, 3.8) is 0 Å². The van der Waals surface area contributed by atoms with Crippen LogP contribution in [0, 0.1) is 5.92 Å². The van der Waals surface area contributed by atoms with Crippen molar-refractivity contribution >= 4 is 21.6 Å². The summed E-state index contributed by atoms with van der Waals surface area (Å²) in [4.78, 5) is 2.40. The first-order valence-electron chi connectivity index (χ1n) is 7.19. The number of nitrogens with zero attached hydrogens (tertiary/aromatic N) is 1. The van der Waals surface area contributed by atoms with Gasteiger partial charge in [-0.1, -0.05) is 41.8 Å². The normalized spacial score (nSPS) is 25.1. The van der Waals surface area contributed by atoms with E-state index in [1.54, 1.807) is 6.92 Å². The van der Waals surface area contributed by atoms with Gasteiger partial charge >= 0.3 is 0 Å². The lowest BCUT2D eigenvalue weighted by Crippen LogP contribution is -2.35. The van der Waals surface area contributed by atoms with E-state index in [1.165, 1.54) is 31.4 Å². The van der Waals surface area contributed by atoms with Gasteiger partial charge in [0.25, 0.3) is 0 Å². The van der Waals surface area contributed by atoms with Crippen LogP contribution in [0.1, 0.15) is 51.2 Å². The zero-order valence-corrected chi connectivity index (χ0v) is 13.7. The number of aliphatic hydroxyl groups is 1. The highest BCUT2D eigenvalue weighted by Gasteiger charge is 2.23. The van der Waals surface area contributed by atoms with E-state index in [0.717, 1.165) is 16.0 Å². The predicted molar refractivity (Wildman–Crippen MR) is 84.6 cm³/mol. The fraction of sp³-hybridized carbons (Fsp3) is 0.625. The first kappa shape index (κ1) is 14.9. The largest absolute Gasteiger partial charge is 0.389 e. The smallest absolute Gasteiger partial charge is 0.0772 e. The van der Waals surface area contributed by atoms with Gasteiger partial charge in [0, 0.05) is 23.2 Å². The number of hydrogen-bond acceptors (Lipinski definition) is 2. The number of benzene rings is 1. The minimum absolute atomic E-state index is 0.427. The SMILES string of the molecule is CC1CCCC(N(C)c2ccc([C@@H](C)O)c(Br)c2)C1. The second-order valence-corrected chi connectivity index (χ2v) is 6.77. The average Bonchev–Trinajstić information content (AvgIpc) is 2.37. The lowest BCUT2D eigenvalue weighted by molar-refractivity contribution is 0.198. The molecule has 0 heterocycles. The molecule has 2 unspecified atom stereocenters. The van der Waals surface area contributed by atoms with Gasteiger partial charge < -0.3 is 10.0 Å². The molecule has 0 aliphatic heterocycles. The second-order valence-electron chi connectivity index (χ2n) is 5.92. The van der Waals surface area contributed by atoms with Crippen molar-refractivity contribution in [3.8, 4) is 0 Å². The molecule has 0 amide bonds. The minimum Gasteiger partial charge on any atom is -0.389 e. The molecular formula is C16H24BrNO. The number of halogens is 1. The van der Waals surface area contributed by atoms with E-state index in [9.17, 15) is 5.11 Å². The van der Waals surface area contributed by atoms with Gasteiger partial charge in [-0.15, -0.1) is 0 Å². The van der Waals surface area contributed by atoms with E-state index < -0.39 is 6.10 Å². The van der Waals surface area contributed by atoms with Crippen LogP contribution in [-0.4, -0.2) is 18.2 Å². The lowest BCUT2D eigenvalue weighted by Gasteiger charge is -2.35. The van der Waals surface area contributed by atoms with Crippen LogP contribution in [0.4, 0.5) is 5.69 Å². The molecule has 19 heavy (non-hydrogen) atoms. The highest BCUT2D eigenvalue weighted by molar-refractivity contribution is 9.10. The van der Waals surface area contributed by atoms with E-state index in [1.807, 2.05) is 6.07 Å². The summed E-state index contributed by atoms with van der Waals surface area (Å²) in [5, 5.41) is 9.67. The molecule has 2 rings (SSSR count). The van der Waals surface area contributed by atoms with E-state index in [0.29, 0.717) is 6.04 Å². The highest BCUT2D eigenvalue weighted by Crippen LogP contribution is 2.32. The van der Waals surface area contributed by atoms with Crippen LogP contribution < -0.4 is 4.90 Å². The van der Waals surface area contributed by atoms with Gasteiger partial charge in [-0.05, 0) is 43.4 Å². The van der Waals surface area contributed by atoms with E-state index >= 15 is 0 Å². The van der Waals surface area contributed by atoms with Crippen molar-refractivity contribution in [2.45, 2.75) is 51.7 Å². The van der Waals surface area contributed by atoms with Gasteiger partial charge in [-0.25, -0.2) is 0 Å². The first-order valence-corrected chi connectivity index (χ1v) is 7.98. The molecule has 0 aromatic heterocycles. The summed E-state index contributed by atoms with van der Waals surface area (Å²) in [6, 6.07) is 6.91. The first-order chi connectivity index (χ1) is 8.99. The van der Waals surface area contributed by atoms with Crippen LogP contribution in [0.15, 0.2) is 22.7 Å². The van der Waals surface area contributed by atoms with Gasteiger partial charge in [-0.2, -0.15) is 0 Å². The Bertz CT molecular complexity index is 433. The van der Waals surface area contributed by atoms with Gasteiger partial charge in [0.05, 0.1) is 6.10 Å². The zero-order valence-electron chi connectivity index (χ0n) is 12.1. The van der Waals surface area contributed by atoms with Crippen LogP contribution in [0.25, 0.3) is 0 Å². The zero-order chi connectivity index (χ0) is 14.0. The van der Waals surface area contributed by atoms with Crippen LogP contribution in [-0.2, 0) is 0 Å². The average molecular weight is 326 g/mol. The Balaban J connectivity index is 2.15. The van der Waals surface area contributed by atoms with Gasteiger partial charge in [0.2, 0.25) is 0 Å². The molecule has 1 aromatic carbocycles. The number of rotatable bonds is 3. The topological polar surface area (TPSA) is 23.5 Å². The summed E-state index contributed by atoms with van der Waals surface area (Å²) in [6.45, 7) is 4.15. The molecule has 1 aliphatic carbocycles. The summed E-state index contributed by atoms with van der Waals surface area (Å²) in [7, 11) is 2.19. The standard InChI is InChI=1S/C16H24BrNO/c1-11-5-4-6-13(9-11)18(3)14-7-8-15(12(2)19)16(17)10-14/h7-8,10-13,19H,4-6,9H2,1-3H3/t11?,12-,13?/m1/s1. The molecular weight excluding hydrogens is 302 g/mol. The van der Waals surface area contributed by atoms with Crippen molar-refractivity contribution in [1.82, 2.24) is 0 Å². The Morgan fingerprint density at radius 2 is 2.11 bits per heavy atom. The summed E-state index contributed by atoms with van der Waals surface area (Å²) in [5.74, 6) is 0.835. The molecule has 3 atom stereocenters. The van der Waals surface area contributed by atoms with Crippen LogP contribution >= 0.6 is 15.9 Å². The second kappa shape index (κ2) is 6.27. The quantitative estimate of drug-likeness (QED) is 0.883. The maximum atomic E-state index is 9.67. The van der Waals surface area contributed by atoms with Crippen molar-refractivity contribution in [2.24, 2.45) is 5.92 Å². The monoisotopic (exact) mass is 325 g/mol. The summed E-state index contributed by atoms with van der Waals surface area (Å²) in [6.07, 6.45) is 4.85. The maximum absolute atomic E-state index is 9.67. The maximum Gasteiger partial charge on any atom is 0.0772 e. The molecule has 2 nitrogen and oxygen atoms in total. The summed E-state index contributed by atoms with van der Waals surface area (Å²) < 4.78 is 0.996. The lowest BCUT2D eigenvalue weighted by atomic mass is 9.86. The van der Waals surface area contributed by atoms with Crippen molar-refractivity contribution in [3.05, 3.63) is 28.2 Å². The van der Waals surface area contributed by atoms with Crippen molar-refractivity contribution < 1.29 is 5.11 Å². The number of anilines is 1. The number of aliphatic hydroxyl groups excluding tert-OH is 1. The predicted octanol–water partition coefficient (Wildman–Crippen LogP) is 4.52. The van der Waals surface area contributed by atoms with E-state index in [4.69, 9.17) is 0 Å². The van der Waals surface area contributed by atoms with Crippen LogP contribution in [0.2, 0.25) is 0 Å². The minimum atomic E-state index is -0.427. The molecule has 1 aromatic rings. The third-order valence-corrected chi connectivity index (χ3v) is 4.98. The molecule has 1 N–H and O–H groups in total. The summed E-state index contributed by atoms with van der Waals surface area (Å²) in [5.41, 5.74) is 2.18. The molecule has 0 bridgehead atoms. The van der Waals surface area contributed by atoms with Gasteiger partial charge in [0.1, 0.15) is 0 Å². The molecule has 3 heteroatoms. The van der Waals surface area contributed by atoms with Gasteiger partial charge in [0.15, 0.2) is 0 Å². The van der Waals surface area contributed by atoms with E-state index in [2.05, 4.69) is 46.9 Å². The molecule has 1 fully saturated rings. The molecule has 0 radical (unpaired) electrons. The van der Waals surface area contributed by atoms with Gasteiger partial charge in [-0.3, -0.25) is 0 Å².